The van der Waals surface area contributed by atoms with Crippen LogP contribution in [0.2, 0.25) is 0 Å². The van der Waals surface area contributed by atoms with Gasteiger partial charge in [-0.15, -0.1) is 0 Å². The van der Waals surface area contributed by atoms with Crippen molar-refractivity contribution in [1.29, 1.82) is 0 Å². The Labute approximate surface area is 116 Å². The highest BCUT2D eigenvalue weighted by atomic mass is 16.1. The summed E-state index contributed by atoms with van der Waals surface area (Å²) < 4.78 is 0. The molecule has 0 unspecified atom stereocenters. The predicted molar refractivity (Wildman–Crippen MR) is 79.0 cm³/mol. The Hall–Kier alpha value is -1.38. The first-order valence-electron chi connectivity index (χ1n) is 7.12. The third-order valence-electron chi connectivity index (χ3n) is 2.79. The van der Waals surface area contributed by atoms with Crippen LogP contribution in [0.3, 0.4) is 0 Å². The van der Waals surface area contributed by atoms with E-state index >= 15 is 0 Å². The fraction of sp³-hybridized carbons (Fsp3) is 0.625. The molecule has 0 radical (unpaired) electrons. The minimum absolute atomic E-state index is 0.109. The number of rotatable bonds is 6. The molecule has 1 heterocycles. The highest BCUT2D eigenvalue weighted by molar-refractivity contribution is 5.76. The SMILES string of the molecule is CCCc1cccc(CCC(=O)NCC(C)(C)C)n1. The number of pyridine rings is 1. The maximum absolute atomic E-state index is 11.7. The van der Waals surface area contributed by atoms with E-state index in [1.807, 2.05) is 18.2 Å². The molecule has 0 aliphatic heterocycles. The van der Waals surface area contributed by atoms with Gasteiger partial charge >= 0.3 is 0 Å². The van der Waals surface area contributed by atoms with Crippen LogP contribution in [-0.2, 0) is 17.6 Å². The van der Waals surface area contributed by atoms with Crippen LogP contribution in [0.5, 0.6) is 0 Å². The van der Waals surface area contributed by atoms with Gasteiger partial charge in [-0.25, -0.2) is 0 Å². The highest BCUT2D eigenvalue weighted by Gasteiger charge is 2.11. The summed E-state index contributed by atoms with van der Waals surface area (Å²) in [6.07, 6.45) is 3.33. The van der Waals surface area contributed by atoms with Gasteiger partial charge in [0.2, 0.25) is 5.91 Å². The van der Waals surface area contributed by atoms with Crippen LogP contribution in [0.25, 0.3) is 0 Å². The summed E-state index contributed by atoms with van der Waals surface area (Å²) in [5.41, 5.74) is 2.27. The van der Waals surface area contributed by atoms with Crippen molar-refractivity contribution >= 4 is 5.91 Å². The number of hydrogen-bond acceptors (Lipinski definition) is 2. The van der Waals surface area contributed by atoms with E-state index in [9.17, 15) is 4.79 Å². The summed E-state index contributed by atoms with van der Waals surface area (Å²) in [7, 11) is 0. The molecule has 1 amide bonds. The maximum Gasteiger partial charge on any atom is 0.220 e. The Bertz CT molecular complexity index is 407. The number of aromatic nitrogens is 1. The first kappa shape index (κ1) is 15.7. The molecule has 1 aromatic heterocycles. The topological polar surface area (TPSA) is 42.0 Å². The third kappa shape index (κ3) is 6.94. The number of carbonyl (C=O) groups excluding carboxylic acids is 1. The Morgan fingerprint density at radius 2 is 1.84 bits per heavy atom. The number of aryl methyl sites for hydroxylation is 2. The molecule has 1 N–H and O–H groups in total. The van der Waals surface area contributed by atoms with Crippen molar-refractivity contribution in [3.63, 3.8) is 0 Å². The standard InChI is InChI=1S/C16H26N2O/c1-5-7-13-8-6-9-14(18-13)10-11-15(19)17-12-16(2,3)4/h6,8-9H,5,7,10-12H2,1-4H3,(H,17,19). The smallest absolute Gasteiger partial charge is 0.220 e. The Morgan fingerprint density at radius 3 is 2.42 bits per heavy atom. The Kier molecular flexibility index (Phi) is 6.00. The van der Waals surface area contributed by atoms with E-state index in [1.165, 1.54) is 0 Å². The fourth-order valence-corrected chi connectivity index (χ4v) is 1.76. The molecule has 106 valence electrons. The molecule has 0 saturated heterocycles. The van der Waals surface area contributed by atoms with Crippen LogP contribution in [0, 0.1) is 5.41 Å². The molecular formula is C16H26N2O. The van der Waals surface area contributed by atoms with Gasteiger partial charge < -0.3 is 5.32 Å². The van der Waals surface area contributed by atoms with Crippen molar-refractivity contribution in [3.05, 3.63) is 29.6 Å². The van der Waals surface area contributed by atoms with Gasteiger partial charge in [0, 0.05) is 24.4 Å². The summed E-state index contributed by atoms with van der Waals surface area (Å²) in [6, 6.07) is 6.07. The average molecular weight is 262 g/mol. The molecule has 0 aromatic carbocycles. The van der Waals surface area contributed by atoms with Gasteiger partial charge in [0.15, 0.2) is 0 Å². The lowest BCUT2D eigenvalue weighted by molar-refractivity contribution is -0.121. The molecule has 0 atom stereocenters. The van der Waals surface area contributed by atoms with Gasteiger partial charge in [0.25, 0.3) is 0 Å². The van der Waals surface area contributed by atoms with Crippen molar-refractivity contribution in [2.75, 3.05) is 6.54 Å². The normalized spacial score (nSPS) is 11.4. The number of carbonyl (C=O) groups is 1. The monoisotopic (exact) mass is 262 g/mol. The number of hydrogen-bond donors (Lipinski definition) is 1. The minimum Gasteiger partial charge on any atom is -0.356 e. The molecule has 0 saturated carbocycles. The van der Waals surface area contributed by atoms with E-state index in [-0.39, 0.29) is 11.3 Å². The highest BCUT2D eigenvalue weighted by Crippen LogP contribution is 2.10. The molecule has 0 fully saturated rings. The molecule has 19 heavy (non-hydrogen) atoms. The molecule has 0 spiro atoms. The number of nitrogens with one attached hydrogen (secondary N) is 1. The quantitative estimate of drug-likeness (QED) is 0.856. The molecule has 1 aromatic rings. The largest absolute Gasteiger partial charge is 0.356 e. The second-order valence-electron chi connectivity index (χ2n) is 6.21. The average Bonchev–Trinajstić information content (AvgIpc) is 2.34. The summed E-state index contributed by atoms with van der Waals surface area (Å²) in [6.45, 7) is 9.21. The van der Waals surface area contributed by atoms with Crippen molar-refractivity contribution in [2.24, 2.45) is 5.41 Å². The number of nitrogens with zero attached hydrogens (tertiary/aromatic N) is 1. The minimum atomic E-state index is 0.109. The number of amides is 1. The van der Waals surface area contributed by atoms with E-state index in [4.69, 9.17) is 0 Å². The lowest BCUT2D eigenvalue weighted by atomic mass is 9.97. The van der Waals surface area contributed by atoms with Crippen LogP contribution in [0.4, 0.5) is 0 Å². The van der Waals surface area contributed by atoms with Gasteiger partial charge in [-0.1, -0.05) is 40.2 Å². The summed E-state index contributed by atoms with van der Waals surface area (Å²) >= 11 is 0. The van der Waals surface area contributed by atoms with Crippen LogP contribution in [0.1, 0.15) is 51.9 Å². The van der Waals surface area contributed by atoms with Crippen molar-refractivity contribution in [3.8, 4) is 0 Å². The first-order valence-corrected chi connectivity index (χ1v) is 7.12. The van der Waals surface area contributed by atoms with Crippen molar-refractivity contribution in [1.82, 2.24) is 10.3 Å². The zero-order valence-electron chi connectivity index (χ0n) is 12.6. The van der Waals surface area contributed by atoms with E-state index in [0.717, 1.165) is 30.8 Å². The Balaban J connectivity index is 2.39. The first-order chi connectivity index (χ1) is 8.90. The molecule has 0 bridgehead atoms. The second-order valence-corrected chi connectivity index (χ2v) is 6.21. The van der Waals surface area contributed by atoms with Crippen LogP contribution in [0.15, 0.2) is 18.2 Å². The maximum atomic E-state index is 11.7. The van der Waals surface area contributed by atoms with E-state index in [2.05, 4.69) is 38.0 Å². The van der Waals surface area contributed by atoms with Crippen molar-refractivity contribution in [2.45, 2.75) is 53.4 Å². The molecule has 1 rings (SSSR count). The van der Waals surface area contributed by atoms with Gasteiger partial charge in [-0.3, -0.25) is 9.78 Å². The van der Waals surface area contributed by atoms with Gasteiger partial charge in [0.1, 0.15) is 0 Å². The van der Waals surface area contributed by atoms with Gasteiger partial charge in [-0.05, 0) is 30.4 Å². The van der Waals surface area contributed by atoms with E-state index in [1.54, 1.807) is 0 Å². The zero-order valence-corrected chi connectivity index (χ0v) is 12.6. The van der Waals surface area contributed by atoms with E-state index < -0.39 is 0 Å². The summed E-state index contributed by atoms with van der Waals surface area (Å²) in [5.74, 6) is 0.109. The van der Waals surface area contributed by atoms with E-state index in [0.29, 0.717) is 12.8 Å². The van der Waals surface area contributed by atoms with Gasteiger partial charge in [0.05, 0.1) is 0 Å². The molecule has 0 aliphatic carbocycles. The molecule has 0 aliphatic rings. The molecule has 3 heteroatoms. The molecule has 3 nitrogen and oxygen atoms in total. The lowest BCUT2D eigenvalue weighted by Gasteiger charge is -2.18. The van der Waals surface area contributed by atoms with Crippen LogP contribution >= 0.6 is 0 Å². The summed E-state index contributed by atoms with van der Waals surface area (Å²) in [5, 5.41) is 2.97. The summed E-state index contributed by atoms with van der Waals surface area (Å²) in [4.78, 5) is 16.3. The second kappa shape index (κ2) is 7.27. The van der Waals surface area contributed by atoms with Crippen molar-refractivity contribution < 1.29 is 4.79 Å². The third-order valence-corrected chi connectivity index (χ3v) is 2.79. The fourth-order valence-electron chi connectivity index (χ4n) is 1.76. The van der Waals surface area contributed by atoms with Crippen LogP contribution in [-0.4, -0.2) is 17.4 Å². The van der Waals surface area contributed by atoms with Gasteiger partial charge in [-0.2, -0.15) is 0 Å². The lowest BCUT2D eigenvalue weighted by Crippen LogP contribution is -2.32. The zero-order chi connectivity index (χ0) is 14.3. The predicted octanol–water partition coefficient (Wildman–Crippen LogP) is 3.13. The Morgan fingerprint density at radius 1 is 1.21 bits per heavy atom. The molecular weight excluding hydrogens is 236 g/mol. The van der Waals surface area contributed by atoms with Crippen LogP contribution < -0.4 is 5.32 Å².